The molecule has 9 heteroatoms. The molecule has 2 aromatic carbocycles. The summed E-state index contributed by atoms with van der Waals surface area (Å²) < 4.78 is 20.0. The molecule has 3 unspecified atom stereocenters. The fourth-order valence-electron chi connectivity index (χ4n) is 5.60. The molecule has 5 rings (SSSR count). The van der Waals surface area contributed by atoms with Crippen molar-refractivity contribution in [3.05, 3.63) is 111 Å². The van der Waals surface area contributed by atoms with Crippen LogP contribution in [-0.4, -0.2) is 53.8 Å². The average molecular weight is 595 g/mol. The summed E-state index contributed by atoms with van der Waals surface area (Å²) in [5, 5.41) is 10.9. The number of anilines is 1. The number of nitrogens with one attached hydrogen (secondary N) is 1. The van der Waals surface area contributed by atoms with Gasteiger partial charge in [-0.15, -0.1) is 0 Å². The largest absolute Gasteiger partial charge is 0.374 e. The van der Waals surface area contributed by atoms with Crippen molar-refractivity contribution in [1.82, 2.24) is 15.0 Å². The van der Waals surface area contributed by atoms with Crippen molar-refractivity contribution in [2.24, 2.45) is 0 Å². The number of aromatic nitrogens is 3. The van der Waals surface area contributed by atoms with Gasteiger partial charge in [0.05, 0.1) is 25.4 Å². The topological polar surface area (TPSA) is 91.3 Å². The second-order valence-electron chi connectivity index (χ2n) is 10.4. The van der Waals surface area contributed by atoms with Gasteiger partial charge in [0.1, 0.15) is 6.23 Å². The fourth-order valence-corrected chi connectivity index (χ4v) is 7.20. The first-order chi connectivity index (χ1) is 18.1. The van der Waals surface area contributed by atoms with E-state index in [1.165, 1.54) is 0 Å². The highest BCUT2D eigenvalue weighted by molar-refractivity contribution is 9.10. The second kappa shape index (κ2) is 10.4. The number of halogens is 1. The van der Waals surface area contributed by atoms with Crippen LogP contribution < -0.4 is 4.90 Å². The Hall–Kier alpha value is -2.77. The van der Waals surface area contributed by atoms with Crippen LogP contribution in [0.1, 0.15) is 45.8 Å². The van der Waals surface area contributed by atoms with Gasteiger partial charge < -0.3 is 24.3 Å². The third-order valence-corrected chi connectivity index (χ3v) is 8.89. The predicted molar refractivity (Wildman–Crippen MR) is 154 cm³/mol. The van der Waals surface area contributed by atoms with Crippen LogP contribution in [-0.2, 0) is 21.1 Å². The maximum absolute atomic E-state index is 12.7. The van der Waals surface area contributed by atoms with E-state index in [0.717, 1.165) is 43.7 Å². The molecule has 38 heavy (non-hydrogen) atoms. The van der Waals surface area contributed by atoms with Crippen LogP contribution in [0.2, 0.25) is 0 Å². The minimum Gasteiger partial charge on any atom is -0.374 e. The standard InChI is InChI=1S/C29H32BrN4O3P/c1-34-26-6-5-21(14-25(26)24(15-28(34)35)20-7-9-31-10-8-20)29(37-2,27-16-32-18-33-27)22-11-19(12-23(30)13-22)17-38(3,4)36/h5-14,16,18,24,28,35H,15,17H2,1-4H3,(H,32,33). The number of aromatic amines is 1. The average Bonchev–Trinajstić information content (AvgIpc) is 3.41. The number of imidazole rings is 1. The van der Waals surface area contributed by atoms with E-state index in [2.05, 4.69) is 49.1 Å². The monoisotopic (exact) mass is 594 g/mol. The summed E-state index contributed by atoms with van der Waals surface area (Å²) in [4.78, 5) is 13.7. The first kappa shape index (κ1) is 26.8. The van der Waals surface area contributed by atoms with Crippen molar-refractivity contribution in [2.75, 3.05) is 32.4 Å². The van der Waals surface area contributed by atoms with Gasteiger partial charge in [0.2, 0.25) is 0 Å². The van der Waals surface area contributed by atoms with Gasteiger partial charge in [-0.1, -0.05) is 28.1 Å². The minimum atomic E-state index is -2.31. The zero-order valence-corrected chi connectivity index (χ0v) is 24.4. The Kier molecular flexibility index (Phi) is 7.35. The summed E-state index contributed by atoms with van der Waals surface area (Å²) in [7, 11) is 1.30. The van der Waals surface area contributed by atoms with Gasteiger partial charge in [0, 0.05) is 55.2 Å². The Morgan fingerprint density at radius 3 is 2.55 bits per heavy atom. The number of rotatable bonds is 7. The summed E-state index contributed by atoms with van der Waals surface area (Å²) in [5.41, 5.74) is 5.73. The van der Waals surface area contributed by atoms with E-state index in [0.29, 0.717) is 12.6 Å². The lowest BCUT2D eigenvalue weighted by Crippen LogP contribution is -2.38. The van der Waals surface area contributed by atoms with Crippen LogP contribution in [0.25, 0.3) is 0 Å². The molecule has 0 saturated carbocycles. The second-order valence-corrected chi connectivity index (χ2v) is 14.7. The van der Waals surface area contributed by atoms with Crippen molar-refractivity contribution >= 4 is 28.8 Å². The zero-order chi connectivity index (χ0) is 27.1. The van der Waals surface area contributed by atoms with Gasteiger partial charge in [-0.3, -0.25) is 4.98 Å². The van der Waals surface area contributed by atoms with Gasteiger partial charge in [-0.25, -0.2) is 4.98 Å². The lowest BCUT2D eigenvalue weighted by molar-refractivity contribution is 0.0549. The predicted octanol–water partition coefficient (Wildman–Crippen LogP) is 5.92. The number of hydrogen-bond donors (Lipinski definition) is 2. The fraction of sp³-hybridized carbons (Fsp3) is 0.310. The molecule has 0 amide bonds. The van der Waals surface area contributed by atoms with E-state index in [-0.39, 0.29) is 5.92 Å². The number of benzene rings is 2. The third kappa shape index (κ3) is 4.98. The van der Waals surface area contributed by atoms with Gasteiger partial charge in [-0.2, -0.15) is 0 Å². The van der Waals surface area contributed by atoms with Crippen LogP contribution in [0.3, 0.4) is 0 Å². The minimum absolute atomic E-state index is 0.0143. The van der Waals surface area contributed by atoms with E-state index in [1.54, 1.807) is 45.4 Å². The molecular weight excluding hydrogens is 563 g/mol. The van der Waals surface area contributed by atoms with Crippen LogP contribution in [0, 0.1) is 0 Å². The van der Waals surface area contributed by atoms with E-state index in [4.69, 9.17) is 4.74 Å². The number of methoxy groups -OCH3 is 1. The molecule has 3 heterocycles. The SMILES string of the molecule is COC(c1cc(Br)cc(CP(C)(C)=O)c1)(c1ccc2c(c1)C(c1ccncc1)CC(O)N2C)c1cnc[nH]1. The van der Waals surface area contributed by atoms with Crippen LogP contribution >= 0.6 is 23.1 Å². The number of hydrogen-bond acceptors (Lipinski definition) is 6. The first-order valence-corrected chi connectivity index (χ1v) is 16.0. The van der Waals surface area contributed by atoms with Crippen LogP contribution in [0.4, 0.5) is 5.69 Å². The van der Waals surface area contributed by atoms with E-state index >= 15 is 0 Å². The van der Waals surface area contributed by atoms with Gasteiger partial charge in [0.25, 0.3) is 0 Å². The molecule has 0 fully saturated rings. The molecule has 0 saturated heterocycles. The normalized spacial score (nSPS) is 19.2. The summed E-state index contributed by atoms with van der Waals surface area (Å²) in [6, 6.07) is 16.4. The van der Waals surface area contributed by atoms with E-state index in [9.17, 15) is 9.67 Å². The molecule has 0 aliphatic carbocycles. The maximum Gasteiger partial charge on any atom is 0.159 e. The van der Waals surface area contributed by atoms with Crippen molar-refractivity contribution in [3.8, 4) is 0 Å². The molecule has 1 aliphatic heterocycles. The number of pyridine rings is 1. The summed E-state index contributed by atoms with van der Waals surface area (Å²) >= 11 is 3.68. The van der Waals surface area contributed by atoms with Crippen LogP contribution in [0.15, 0.2) is 77.9 Å². The quantitative estimate of drug-likeness (QED) is 0.258. The number of aliphatic hydroxyl groups excluding tert-OH is 1. The molecule has 7 nitrogen and oxygen atoms in total. The highest BCUT2D eigenvalue weighted by Gasteiger charge is 2.41. The van der Waals surface area contributed by atoms with Crippen molar-refractivity contribution in [2.45, 2.75) is 30.3 Å². The highest BCUT2D eigenvalue weighted by Crippen LogP contribution is 2.47. The van der Waals surface area contributed by atoms with E-state index < -0.39 is 19.0 Å². The summed E-state index contributed by atoms with van der Waals surface area (Å²) in [6.45, 7) is 3.61. The molecule has 4 aromatic rings. The van der Waals surface area contributed by atoms with Gasteiger partial charge >= 0.3 is 0 Å². The number of nitrogens with zero attached hydrogens (tertiary/aromatic N) is 3. The number of H-pyrrole nitrogens is 1. The molecule has 198 valence electrons. The van der Waals surface area contributed by atoms with Crippen molar-refractivity contribution in [3.63, 3.8) is 0 Å². The molecule has 2 N–H and O–H groups in total. The number of aliphatic hydroxyl groups is 1. The molecule has 0 bridgehead atoms. The lowest BCUT2D eigenvalue weighted by atomic mass is 9.78. The van der Waals surface area contributed by atoms with E-state index in [1.807, 2.05) is 42.3 Å². The van der Waals surface area contributed by atoms with Crippen LogP contribution in [0.5, 0.6) is 0 Å². The van der Waals surface area contributed by atoms with Gasteiger partial charge in [-0.05, 0) is 77.5 Å². The lowest BCUT2D eigenvalue weighted by Gasteiger charge is -2.39. The summed E-state index contributed by atoms with van der Waals surface area (Å²) in [6.07, 6.45) is 7.45. The Labute approximate surface area is 231 Å². The Morgan fingerprint density at radius 1 is 1.13 bits per heavy atom. The highest BCUT2D eigenvalue weighted by atomic mass is 79.9. The first-order valence-electron chi connectivity index (χ1n) is 12.5. The third-order valence-electron chi connectivity index (χ3n) is 7.30. The Morgan fingerprint density at radius 2 is 1.89 bits per heavy atom. The van der Waals surface area contributed by atoms with Gasteiger partial charge in [0.15, 0.2) is 5.60 Å². The molecule has 0 radical (unpaired) electrons. The Balaban J connectivity index is 1.74. The van der Waals surface area contributed by atoms with Crippen molar-refractivity contribution in [1.29, 1.82) is 0 Å². The molecular formula is C29H32BrN4O3P. The maximum atomic E-state index is 12.7. The molecule has 0 spiro atoms. The Bertz CT molecular complexity index is 1470. The summed E-state index contributed by atoms with van der Waals surface area (Å²) in [5.74, 6) is -0.0143. The zero-order valence-electron chi connectivity index (χ0n) is 21.9. The molecule has 3 atom stereocenters. The smallest absolute Gasteiger partial charge is 0.159 e. The van der Waals surface area contributed by atoms with Crippen molar-refractivity contribution < 1.29 is 14.4 Å². The molecule has 1 aliphatic rings. The number of ether oxygens (including phenoxy) is 1. The number of fused-ring (bicyclic) bond motifs is 1. The molecule has 2 aromatic heterocycles.